The molecule has 0 aromatic heterocycles. The number of carbonyl (C=O) groups excluding carboxylic acids is 3. The number of fused-ring (bicyclic) bond motifs is 1. The number of amides is 3. The van der Waals surface area contributed by atoms with Crippen LogP contribution in [0.3, 0.4) is 0 Å². The first-order valence-electron chi connectivity index (χ1n) is 15.9. The van der Waals surface area contributed by atoms with Gasteiger partial charge in [0.15, 0.2) is 11.5 Å². The van der Waals surface area contributed by atoms with Gasteiger partial charge in [0, 0.05) is 52.3 Å². The molecule has 0 saturated carbocycles. The fraction of sp³-hybridized carbons (Fsp3) is 0.417. The van der Waals surface area contributed by atoms with E-state index in [1.807, 2.05) is 30.3 Å². The van der Waals surface area contributed by atoms with Crippen molar-refractivity contribution in [3.05, 3.63) is 89.0 Å². The molecule has 10 nitrogen and oxygen atoms in total. The molecule has 5 rings (SSSR count). The average molecular weight is 629 g/mol. The van der Waals surface area contributed by atoms with E-state index >= 15 is 0 Å². The standard InChI is InChI=1S/C36H44N4O6/c1-25(26-10-6-5-7-11-26)38-19-21-39(22-20-38)30-13-8-12-28-34(30)36(43)40(35(28)42)29(14-9-18-37-33(41)17-23-44-2)27-15-16-31(45-3)32(24-27)46-4/h5-8,10-13,15-16,24-25,29H,9,14,17-23H2,1-4H3,(H,37,41)/t25-,29-/m1/s1. The van der Waals surface area contributed by atoms with Crippen LogP contribution in [-0.2, 0) is 9.53 Å². The number of rotatable bonds is 14. The molecular weight excluding hydrogens is 584 g/mol. The zero-order valence-electron chi connectivity index (χ0n) is 27.2. The third kappa shape index (κ3) is 7.03. The minimum absolute atomic E-state index is 0.104. The number of nitrogens with one attached hydrogen (secondary N) is 1. The summed E-state index contributed by atoms with van der Waals surface area (Å²) in [5, 5.41) is 2.91. The number of hydrogen-bond acceptors (Lipinski definition) is 8. The molecule has 46 heavy (non-hydrogen) atoms. The molecule has 244 valence electrons. The van der Waals surface area contributed by atoms with Gasteiger partial charge in [0.25, 0.3) is 11.8 Å². The summed E-state index contributed by atoms with van der Waals surface area (Å²) < 4.78 is 16.0. The van der Waals surface area contributed by atoms with Gasteiger partial charge in [-0.25, -0.2) is 0 Å². The molecule has 1 fully saturated rings. The highest BCUT2D eigenvalue weighted by atomic mass is 16.5. The highest BCUT2D eigenvalue weighted by Crippen LogP contribution is 2.40. The monoisotopic (exact) mass is 628 g/mol. The molecule has 2 aliphatic heterocycles. The van der Waals surface area contributed by atoms with Crippen LogP contribution in [0.5, 0.6) is 11.5 Å². The van der Waals surface area contributed by atoms with Crippen molar-refractivity contribution in [2.24, 2.45) is 0 Å². The van der Waals surface area contributed by atoms with E-state index in [1.165, 1.54) is 10.5 Å². The molecule has 10 heteroatoms. The Morgan fingerprint density at radius 1 is 0.848 bits per heavy atom. The summed E-state index contributed by atoms with van der Waals surface area (Å²) in [7, 11) is 4.68. The Bertz CT molecular complexity index is 1520. The largest absolute Gasteiger partial charge is 0.493 e. The van der Waals surface area contributed by atoms with Gasteiger partial charge in [-0.15, -0.1) is 0 Å². The number of methoxy groups -OCH3 is 3. The van der Waals surface area contributed by atoms with Gasteiger partial charge in [0.1, 0.15) is 0 Å². The van der Waals surface area contributed by atoms with Gasteiger partial charge in [-0.05, 0) is 55.2 Å². The van der Waals surface area contributed by atoms with Crippen LogP contribution in [0, 0.1) is 0 Å². The van der Waals surface area contributed by atoms with Crippen molar-refractivity contribution >= 4 is 23.4 Å². The number of piperazine rings is 1. The maximum Gasteiger partial charge on any atom is 0.264 e. The summed E-state index contributed by atoms with van der Waals surface area (Å²) in [6, 6.07) is 21.2. The number of carbonyl (C=O) groups is 3. The normalized spacial score (nSPS) is 16.3. The lowest BCUT2D eigenvalue weighted by Gasteiger charge is -2.39. The van der Waals surface area contributed by atoms with Crippen LogP contribution in [0.2, 0.25) is 0 Å². The maximum atomic E-state index is 14.3. The summed E-state index contributed by atoms with van der Waals surface area (Å²) in [6.07, 6.45) is 1.28. The van der Waals surface area contributed by atoms with Crippen LogP contribution in [0.25, 0.3) is 0 Å². The third-order valence-electron chi connectivity index (χ3n) is 9.02. The Hall–Kier alpha value is -4.41. The van der Waals surface area contributed by atoms with Gasteiger partial charge in [-0.1, -0.05) is 42.5 Å². The van der Waals surface area contributed by atoms with E-state index in [0.29, 0.717) is 48.6 Å². The van der Waals surface area contributed by atoms with E-state index in [1.54, 1.807) is 33.5 Å². The van der Waals surface area contributed by atoms with Gasteiger partial charge < -0.3 is 24.4 Å². The van der Waals surface area contributed by atoms with Crippen molar-refractivity contribution in [2.75, 3.05) is 65.6 Å². The SMILES string of the molecule is COCCC(=O)NCCC[C@H](c1ccc(OC)c(OC)c1)N1C(=O)c2cccc(N3CCN([C@H](C)c4ccccc4)CC3)c2C1=O. The molecule has 0 aliphatic carbocycles. The Morgan fingerprint density at radius 3 is 2.28 bits per heavy atom. The van der Waals surface area contributed by atoms with E-state index in [2.05, 4.69) is 46.3 Å². The molecule has 2 aliphatic rings. The topological polar surface area (TPSA) is 101 Å². The molecule has 0 unspecified atom stereocenters. The summed E-state index contributed by atoms with van der Waals surface area (Å²) in [6.45, 7) is 6.16. The van der Waals surface area contributed by atoms with E-state index in [-0.39, 0.29) is 30.2 Å². The number of nitrogens with zero attached hydrogens (tertiary/aromatic N) is 3. The van der Waals surface area contributed by atoms with Crippen LogP contribution in [0.1, 0.15) is 70.1 Å². The second-order valence-corrected chi connectivity index (χ2v) is 11.7. The zero-order valence-corrected chi connectivity index (χ0v) is 27.2. The summed E-state index contributed by atoms with van der Waals surface area (Å²) in [5.41, 5.74) is 3.70. The van der Waals surface area contributed by atoms with Crippen LogP contribution in [0.15, 0.2) is 66.7 Å². The van der Waals surface area contributed by atoms with Crippen molar-refractivity contribution in [3.8, 4) is 11.5 Å². The molecule has 3 amide bonds. The van der Waals surface area contributed by atoms with Crippen molar-refractivity contribution in [1.29, 1.82) is 0 Å². The average Bonchev–Trinajstić information content (AvgIpc) is 3.36. The van der Waals surface area contributed by atoms with Crippen molar-refractivity contribution in [3.63, 3.8) is 0 Å². The first kappa shape index (κ1) is 33.0. The zero-order chi connectivity index (χ0) is 32.6. The molecule has 1 N–H and O–H groups in total. The number of benzene rings is 3. The maximum absolute atomic E-state index is 14.3. The Kier molecular flexibility index (Phi) is 10.9. The van der Waals surface area contributed by atoms with Gasteiger partial charge in [0.2, 0.25) is 5.91 Å². The Morgan fingerprint density at radius 2 is 1.59 bits per heavy atom. The van der Waals surface area contributed by atoms with Gasteiger partial charge in [-0.3, -0.25) is 24.2 Å². The van der Waals surface area contributed by atoms with E-state index in [9.17, 15) is 14.4 Å². The molecule has 0 radical (unpaired) electrons. The number of hydrogen-bond donors (Lipinski definition) is 1. The Balaban J connectivity index is 1.37. The van der Waals surface area contributed by atoms with E-state index in [4.69, 9.17) is 14.2 Å². The predicted octanol–water partition coefficient (Wildman–Crippen LogP) is 4.86. The van der Waals surface area contributed by atoms with Crippen LogP contribution < -0.4 is 19.7 Å². The van der Waals surface area contributed by atoms with E-state index < -0.39 is 6.04 Å². The lowest BCUT2D eigenvalue weighted by Crippen LogP contribution is -2.47. The minimum atomic E-state index is -0.570. The number of imide groups is 1. The smallest absolute Gasteiger partial charge is 0.264 e. The molecule has 3 aromatic carbocycles. The first-order valence-corrected chi connectivity index (χ1v) is 15.9. The number of ether oxygens (including phenoxy) is 3. The summed E-state index contributed by atoms with van der Waals surface area (Å²) in [4.78, 5) is 46.6. The van der Waals surface area contributed by atoms with Crippen molar-refractivity contribution in [1.82, 2.24) is 15.1 Å². The fourth-order valence-electron chi connectivity index (χ4n) is 6.44. The lowest BCUT2D eigenvalue weighted by atomic mass is 9.99. The summed E-state index contributed by atoms with van der Waals surface area (Å²) >= 11 is 0. The molecule has 1 saturated heterocycles. The van der Waals surface area contributed by atoms with Crippen LogP contribution >= 0.6 is 0 Å². The van der Waals surface area contributed by atoms with E-state index in [0.717, 1.165) is 37.4 Å². The van der Waals surface area contributed by atoms with Gasteiger partial charge >= 0.3 is 0 Å². The summed E-state index contributed by atoms with van der Waals surface area (Å²) in [5.74, 6) is 0.341. The molecule has 0 bridgehead atoms. The van der Waals surface area contributed by atoms with Gasteiger partial charge in [0.05, 0.1) is 43.7 Å². The van der Waals surface area contributed by atoms with Crippen molar-refractivity contribution < 1.29 is 28.6 Å². The lowest BCUT2D eigenvalue weighted by molar-refractivity contribution is -0.121. The highest BCUT2D eigenvalue weighted by Gasteiger charge is 2.43. The third-order valence-corrected chi connectivity index (χ3v) is 9.02. The first-order chi connectivity index (χ1) is 22.4. The molecule has 2 atom stereocenters. The molecule has 2 heterocycles. The fourth-order valence-corrected chi connectivity index (χ4v) is 6.44. The molecular formula is C36H44N4O6. The van der Waals surface area contributed by atoms with Crippen LogP contribution in [-0.4, -0.2) is 88.2 Å². The Labute approximate surface area is 271 Å². The molecule has 3 aromatic rings. The highest BCUT2D eigenvalue weighted by molar-refractivity contribution is 6.24. The quantitative estimate of drug-likeness (QED) is 0.200. The van der Waals surface area contributed by atoms with Gasteiger partial charge in [-0.2, -0.15) is 0 Å². The second-order valence-electron chi connectivity index (χ2n) is 11.7. The minimum Gasteiger partial charge on any atom is -0.493 e. The molecule has 0 spiro atoms. The van der Waals surface area contributed by atoms with Crippen LogP contribution in [0.4, 0.5) is 5.69 Å². The van der Waals surface area contributed by atoms with Crippen molar-refractivity contribution in [2.45, 2.75) is 38.3 Å². The number of anilines is 1. The predicted molar refractivity (Wildman–Crippen MR) is 177 cm³/mol. The second kappa shape index (κ2) is 15.2.